The van der Waals surface area contributed by atoms with Gasteiger partial charge in [0.2, 0.25) is 0 Å². The van der Waals surface area contributed by atoms with Crippen molar-refractivity contribution >= 4 is 10.8 Å². The third-order valence-electron chi connectivity index (χ3n) is 4.79. The van der Waals surface area contributed by atoms with Gasteiger partial charge in [-0.3, -0.25) is 4.90 Å². The molecule has 2 nitrogen and oxygen atoms in total. The highest BCUT2D eigenvalue weighted by atomic mass is 16.5. The molecule has 1 aliphatic rings. The summed E-state index contributed by atoms with van der Waals surface area (Å²) in [5.41, 5.74) is 3.76. The number of morpholine rings is 1. The molecule has 4 rings (SSSR count). The van der Waals surface area contributed by atoms with Crippen LogP contribution in [0.1, 0.15) is 16.7 Å². The Bertz CT molecular complexity index is 931. The summed E-state index contributed by atoms with van der Waals surface area (Å²) in [6.07, 6.45) is 0.962. The second-order valence-electron chi connectivity index (χ2n) is 6.75. The summed E-state index contributed by atoms with van der Waals surface area (Å²) in [5, 5.41) is 2.53. The Hall–Kier alpha value is -2.60. The maximum Gasteiger partial charge on any atom is 0.0606 e. The highest BCUT2D eigenvalue weighted by Crippen LogP contribution is 2.19. The number of nitrogens with zero attached hydrogens (tertiary/aromatic N) is 1. The van der Waals surface area contributed by atoms with Gasteiger partial charge in [0.15, 0.2) is 0 Å². The number of benzene rings is 3. The second kappa shape index (κ2) is 8.19. The molecule has 130 valence electrons. The fraction of sp³-hybridized carbons (Fsp3) is 0.250. The molecule has 0 N–H and O–H groups in total. The number of hydrogen-bond acceptors (Lipinski definition) is 2. The van der Waals surface area contributed by atoms with Crippen molar-refractivity contribution in [2.75, 3.05) is 32.8 Å². The summed E-state index contributed by atoms with van der Waals surface area (Å²) in [5.74, 6) is 6.63. The quantitative estimate of drug-likeness (QED) is 0.665. The molecule has 0 amide bonds. The molecule has 1 saturated heterocycles. The van der Waals surface area contributed by atoms with E-state index < -0.39 is 0 Å². The average molecular weight is 341 g/mol. The Morgan fingerprint density at radius 2 is 1.62 bits per heavy atom. The van der Waals surface area contributed by atoms with Crippen LogP contribution in [0.2, 0.25) is 0 Å². The van der Waals surface area contributed by atoms with Crippen molar-refractivity contribution in [3.05, 3.63) is 83.4 Å². The van der Waals surface area contributed by atoms with E-state index in [-0.39, 0.29) is 0 Å². The smallest absolute Gasteiger partial charge is 0.0606 e. The minimum atomic E-state index is 0.815. The van der Waals surface area contributed by atoms with E-state index in [4.69, 9.17) is 4.74 Å². The first-order valence-corrected chi connectivity index (χ1v) is 9.22. The van der Waals surface area contributed by atoms with Crippen molar-refractivity contribution in [1.29, 1.82) is 0 Å². The van der Waals surface area contributed by atoms with Crippen LogP contribution in [0.15, 0.2) is 66.7 Å². The standard InChI is InChI=1S/C24H23NO/c1-2-5-20(6-3-1)17-22-9-11-23-10-8-21(18-24(23)19-22)7-4-12-25-13-15-26-16-14-25/h1-3,5-6,8-11,18-19H,12-17H2. The normalized spacial score (nSPS) is 14.8. The predicted molar refractivity (Wildman–Crippen MR) is 107 cm³/mol. The van der Waals surface area contributed by atoms with Crippen LogP contribution in [-0.4, -0.2) is 37.7 Å². The third-order valence-corrected chi connectivity index (χ3v) is 4.79. The molecular formula is C24H23NO. The number of ether oxygens (including phenoxy) is 1. The molecule has 0 atom stereocenters. The van der Waals surface area contributed by atoms with Gasteiger partial charge in [-0.1, -0.05) is 66.4 Å². The molecule has 0 radical (unpaired) electrons. The minimum absolute atomic E-state index is 0.815. The van der Waals surface area contributed by atoms with Gasteiger partial charge in [-0.25, -0.2) is 0 Å². The van der Waals surface area contributed by atoms with Gasteiger partial charge in [0.1, 0.15) is 0 Å². The molecule has 3 aromatic rings. The van der Waals surface area contributed by atoms with Gasteiger partial charge in [-0.15, -0.1) is 0 Å². The lowest BCUT2D eigenvalue weighted by Gasteiger charge is -2.24. The van der Waals surface area contributed by atoms with Crippen molar-refractivity contribution < 1.29 is 4.74 Å². The highest BCUT2D eigenvalue weighted by molar-refractivity contribution is 5.84. The molecule has 0 bridgehead atoms. The first-order valence-electron chi connectivity index (χ1n) is 9.22. The summed E-state index contributed by atoms with van der Waals surface area (Å²) in [6, 6.07) is 23.8. The summed E-state index contributed by atoms with van der Waals surface area (Å²) in [4.78, 5) is 2.34. The van der Waals surface area contributed by atoms with Gasteiger partial charge in [-0.05, 0) is 40.5 Å². The van der Waals surface area contributed by atoms with Gasteiger partial charge in [-0.2, -0.15) is 0 Å². The van der Waals surface area contributed by atoms with E-state index in [9.17, 15) is 0 Å². The van der Waals surface area contributed by atoms with Crippen LogP contribution in [0.25, 0.3) is 10.8 Å². The SMILES string of the molecule is C(#Cc1ccc2ccc(Cc3ccccc3)cc2c1)CN1CCOCC1. The van der Waals surface area contributed by atoms with E-state index >= 15 is 0 Å². The first-order chi connectivity index (χ1) is 12.9. The van der Waals surface area contributed by atoms with Crippen molar-refractivity contribution in [3.63, 3.8) is 0 Å². The molecule has 0 spiro atoms. The molecule has 26 heavy (non-hydrogen) atoms. The zero-order chi connectivity index (χ0) is 17.6. The fourth-order valence-electron chi connectivity index (χ4n) is 3.33. The largest absolute Gasteiger partial charge is 0.379 e. The summed E-state index contributed by atoms with van der Waals surface area (Å²) >= 11 is 0. The topological polar surface area (TPSA) is 12.5 Å². The Labute approximate surface area is 155 Å². The van der Waals surface area contributed by atoms with Crippen LogP contribution in [0, 0.1) is 11.8 Å². The van der Waals surface area contributed by atoms with Crippen LogP contribution in [0.4, 0.5) is 0 Å². The van der Waals surface area contributed by atoms with E-state index in [0.717, 1.165) is 44.8 Å². The van der Waals surface area contributed by atoms with Gasteiger partial charge >= 0.3 is 0 Å². The van der Waals surface area contributed by atoms with E-state index in [2.05, 4.69) is 83.5 Å². The van der Waals surface area contributed by atoms with Gasteiger partial charge in [0.05, 0.1) is 19.8 Å². The lowest BCUT2D eigenvalue weighted by molar-refractivity contribution is 0.0443. The lowest BCUT2D eigenvalue weighted by atomic mass is 10.00. The van der Waals surface area contributed by atoms with E-state index in [1.54, 1.807) is 0 Å². The maximum absolute atomic E-state index is 5.38. The molecular weight excluding hydrogens is 318 g/mol. The Balaban J connectivity index is 1.50. The molecule has 0 saturated carbocycles. The molecule has 2 heteroatoms. The van der Waals surface area contributed by atoms with Gasteiger partial charge < -0.3 is 4.74 Å². The Morgan fingerprint density at radius 1 is 0.808 bits per heavy atom. The second-order valence-corrected chi connectivity index (χ2v) is 6.75. The van der Waals surface area contributed by atoms with E-state index in [1.807, 2.05) is 0 Å². The van der Waals surface area contributed by atoms with Crippen LogP contribution in [-0.2, 0) is 11.2 Å². The Kier molecular flexibility index (Phi) is 5.30. The Morgan fingerprint density at radius 3 is 2.46 bits per heavy atom. The molecule has 1 fully saturated rings. The van der Waals surface area contributed by atoms with E-state index in [0.29, 0.717) is 0 Å². The first kappa shape index (κ1) is 16.8. The van der Waals surface area contributed by atoms with Crippen molar-refractivity contribution in [3.8, 4) is 11.8 Å². The zero-order valence-electron chi connectivity index (χ0n) is 14.9. The fourth-order valence-corrected chi connectivity index (χ4v) is 3.33. The average Bonchev–Trinajstić information content (AvgIpc) is 2.69. The third kappa shape index (κ3) is 4.32. The monoisotopic (exact) mass is 341 g/mol. The van der Waals surface area contributed by atoms with Crippen LogP contribution >= 0.6 is 0 Å². The molecule has 0 aliphatic carbocycles. The van der Waals surface area contributed by atoms with Gasteiger partial charge in [0, 0.05) is 18.7 Å². The van der Waals surface area contributed by atoms with Crippen molar-refractivity contribution in [2.45, 2.75) is 6.42 Å². The number of fused-ring (bicyclic) bond motifs is 1. The van der Waals surface area contributed by atoms with Crippen molar-refractivity contribution in [2.24, 2.45) is 0 Å². The predicted octanol–water partition coefficient (Wildman–Crippen LogP) is 4.11. The van der Waals surface area contributed by atoms with E-state index in [1.165, 1.54) is 21.9 Å². The highest BCUT2D eigenvalue weighted by Gasteiger charge is 2.07. The van der Waals surface area contributed by atoms with Crippen LogP contribution in [0.3, 0.4) is 0 Å². The maximum atomic E-state index is 5.38. The molecule has 0 aromatic heterocycles. The summed E-state index contributed by atoms with van der Waals surface area (Å²) in [7, 11) is 0. The number of hydrogen-bond donors (Lipinski definition) is 0. The molecule has 3 aromatic carbocycles. The van der Waals surface area contributed by atoms with Gasteiger partial charge in [0.25, 0.3) is 0 Å². The zero-order valence-corrected chi connectivity index (χ0v) is 14.9. The van der Waals surface area contributed by atoms with Crippen molar-refractivity contribution in [1.82, 2.24) is 4.90 Å². The molecule has 1 aliphatic heterocycles. The minimum Gasteiger partial charge on any atom is -0.379 e. The summed E-state index contributed by atoms with van der Waals surface area (Å²) in [6.45, 7) is 4.42. The lowest BCUT2D eigenvalue weighted by Crippen LogP contribution is -2.36. The summed E-state index contributed by atoms with van der Waals surface area (Å²) < 4.78 is 5.38. The molecule has 1 heterocycles. The molecule has 0 unspecified atom stereocenters. The number of rotatable bonds is 3. The van der Waals surface area contributed by atoms with Crippen LogP contribution < -0.4 is 0 Å². The van der Waals surface area contributed by atoms with Crippen LogP contribution in [0.5, 0.6) is 0 Å².